The molecule has 0 aliphatic heterocycles. The van der Waals surface area contributed by atoms with Gasteiger partial charge in [-0.3, -0.25) is 28.7 Å². The summed E-state index contributed by atoms with van der Waals surface area (Å²) >= 11 is 0. The van der Waals surface area contributed by atoms with Crippen LogP contribution in [0.2, 0.25) is 0 Å². The summed E-state index contributed by atoms with van der Waals surface area (Å²) in [7, 11) is -9.39. The van der Waals surface area contributed by atoms with Crippen LogP contribution in [-0.2, 0) is 29.8 Å². The predicted molar refractivity (Wildman–Crippen MR) is 147 cm³/mol. The van der Waals surface area contributed by atoms with Gasteiger partial charge in [0, 0.05) is 46.4 Å². The van der Waals surface area contributed by atoms with Crippen LogP contribution < -0.4 is 10.9 Å². The van der Waals surface area contributed by atoms with Gasteiger partial charge in [-0.05, 0) is 36.4 Å². The molecule has 6 N–H and O–H groups in total. The Bertz CT molecular complexity index is 1910. The Morgan fingerprint density at radius 1 is 0.714 bits per heavy atom. The fourth-order valence-corrected chi connectivity index (χ4v) is 5.05. The number of phenols is 2. The molecule has 0 radical (unpaired) electrons. The lowest BCUT2D eigenvalue weighted by molar-refractivity contribution is -0.118. The normalized spacial score (nSPS) is 12.5. The number of benzene rings is 2. The lowest BCUT2D eigenvalue weighted by atomic mass is 10.1. The molecular formula is C24H18N6O10S2. The monoisotopic (exact) mass is 614 g/mol. The number of hydrazone groups is 2. The van der Waals surface area contributed by atoms with Gasteiger partial charge in [0.2, 0.25) is 0 Å². The molecule has 4 aromatic rings. The molecule has 0 saturated heterocycles. The van der Waals surface area contributed by atoms with Crippen molar-refractivity contribution in [3.05, 3.63) is 72.1 Å². The Morgan fingerprint density at radius 3 is 1.45 bits per heavy atom. The Balaban J connectivity index is 1.43. The molecule has 42 heavy (non-hydrogen) atoms. The number of fused-ring (bicyclic) bond motifs is 2. The smallest absolute Gasteiger partial charge is 0.295 e. The Hall–Kier alpha value is -5.30. The van der Waals surface area contributed by atoms with E-state index in [4.69, 9.17) is 0 Å². The zero-order valence-corrected chi connectivity index (χ0v) is 22.4. The molecule has 0 saturated carbocycles. The summed E-state index contributed by atoms with van der Waals surface area (Å²) < 4.78 is 66.0. The van der Waals surface area contributed by atoms with Crippen LogP contribution in [0.15, 0.2) is 80.9 Å². The molecule has 4 rings (SSSR count). The van der Waals surface area contributed by atoms with Crippen LogP contribution in [0.25, 0.3) is 21.8 Å². The van der Waals surface area contributed by atoms with Gasteiger partial charge < -0.3 is 10.2 Å². The summed E-state index contributed by atoms with van der Waals surface area (Å²) in [6.07, 6.45) is 5.86. The van der Waals surface area contributed by atoms with Gasteiger partial charge in [0.05, 0.1) is 12.4 Å². The van der Waals surface area contributed by atoms with E-state index in [1.807, 2.05) is 10.9 Å². The number of rotatable bonds is 8. The van der Waals surface area contributed by atoms with Crippen molar-refractivity contribution < 1.29 is 45.7 Å². The van der Waals surface area contributed by atoms with Crippen molar-refractivity contribution in [2.75, 3.05) is 0 Å². The van der Waals surface area contributed by atoms with E-state index in [0.29, 0.717) is 0 Å². The first-order valence-electron chi connectivity index (χ1n) is 11.3. The summed E-state index contributed by atoms with van der Waals surface area (Å²) in [6, 6.07) is 7.31. The largest absolute Gasteiger partial charge is 0.505 e. The van der Waals surface area contributed by atoms with Gasteiger partial charge in [-0.25, -0.2) is 10.9 Å². The second-order valence-electron chi connectivity index (χ2n) is 8.18. The van der Waals surface area contributed by atoms with Gasteiger partial charge >= 0.3 is 0 Å². The third-order valence-corrected chi connectivity index (χ3v) is 7.20. The van der Waals surface area contributed by atoms with Crippen molar-refractivity contribution in [3.63, 3.8) is 0 Å². The maximum Gasteiger partial charge on any atom is 0.295 e. The highest BCUT2D eigenvalue weighted by Gasteiger charge is 2.20. The molecule has 0 aliphatic rings. The molecule has 0 atom stereocenters. The van der Waals surface area contributed by atoms with Gasteiger partial charge in [0.1, 0.15) is 20.8 Å². The van der Waals surface area contributed by atoms with Crippen molar-refractivity contribution >= 4 is 66.3 Å². The maximum atomic E-state index is 12.0. The second-order valence-corrected chi connectivity index (χ2v) is 11.0. The number of carbonyl (C=O) groups is 2. The Labute approximate surface area is 236 Å². The van der Waals surface area contributed by atoms with E-state index >= 15 is 0 Å². The van der Waals surface area contributed by atoms with E-state index in [-0.39, 0.29) is 32.9 Å². The molecule has 2 aromatic carbocycles. The van der Waals surface area contributed by atoms with Crippen molar-refractivity contribution in [2.24, 2.45) is 10.2 Å². The number of phenolic OH excluding ortho intramolecular Hbond substituents is 2. The van der Waals surface area contributed by atoms with Crippen LogP contribution in [-0.4, -0.2) is 70.4 Å². The summed E-state index contributed by atoms with van der Waals surface area (Å²) in [5, 5.41) is 27.8. The van der Waals surface area contributed by atoms with Crippen molar-refractivity contribution in [3.8, 4) is 11.5 Å². The molecular weight excluding hydrogens is 596 g/mol. The molecule has 16 nitrogen and oxygen atoms in total. The van der Waals surface area contributed by atoms with Gasteiger partial charge in [-0.1, -0.05) is 0 Å². The number of hydrogen-bond donors (Lipinski definition) is 6. The molecule has 0 aliphatic carbocycles. The lowest BCUT2D eigenvalue weighted by Gasteiger charge is -2.08. The molecule has 18 heteroatoms. The standard InChI is InChI=1S/C24H18N6O10S2/c31-19(29-27-11-13-9-17(41(35,36)37)15-3-1-7-25-21(15)23(13)33)5-6-20(32)30-28-12-14-10-18(42(38,39)40)16-4-2-8-26-22(16)24(14)34/h1-12,33-34H,(H,29,31)(H,30,32)(H,35,36,37)(H,38,39,40). The Morgan fingerprint density at radius 2 is 1.10 bits per heavy atom. The Kier molecular flexibility index (Phi) is 8.24. The minimum Gasteiger partial charge on any atom is -0.505 e. The summed E-state index contributed by atoms with van der Waals surface area (Å²) in [4.78, 5) is 30.7. The molecule has 2 aromatic heterocycles. The maximum absolute atomic E-state index is 12.0. The first-order chi connectivity index (χ1) is 19.8. The zero-order chi connectivity index (χ0) is 30.7. The van der Waals surface area contributed by atoms with E-state index < -0.39 is 53.3 Å². The van der Waals surface area contributed by atoms with E-state index in [0.717, 1.165) is 36.7 Å². The zero-order valence-electron chi connectivity index (χ0n) is 20.8. The highest BCUT2D eigenvalue weighted by molar-refractivity contribution is 7.86. The van der Waals surface area contributed by atoms with E-state index in [1.165, 1.54) is 36.7 Å². The molecule has 0 fully saturated rings. The van der Waals surface area contributed by atoms with Crippen molar-refractivity contribution in [1.29, 1.82) is 0 Å². The van der Waals surface area contributed by atoms with Crippen molar-refractivity contribution in [2.45, 2.75) is 9.79 Å². The van der Waals surface area contributed by atoms with E-state index in [1.54, 1.807) is 0 Å². The average Bonchev–Trinajstić information content (AvgIpc) is 2.93. The summed E-state index contributed by atoms with van der Waals surface area (Å²) in [6.45, 7) is 0. The number of hydrogen-bond acceptors (Lipinski definition) is 12. The predicted octanol–water partition coefficient (Wildman–Crippen LogP) is 0.844. The minimum absolute atomic E-state index is 0.0401. The van der Waals surface area contributed by atoms with Crippen LogP contribution in [0.3, 0.4) is 0 Å². The lowest BCUT2D eigenvalue weighted by Crippen LogP contribution is -2.18. The number of pyridine rings is 2. The molecule has 2 heterocycles. The van der Waals surface area contributed by atoms with E-state index in [9.17, 15) is 45.7 Å². The minimum atomic E-state index is -4.70. The highest BCUT2D eigenvalue weighted by Crippen LogP contribution is 2.32. The topological polar surface area (TPSA) is 258 Å². The van der Waals surface area contributed by atoms with Crippen LogP contribution in [0, 0.1) is 0 Å². The van der Waals surface area contributed by atoms with Gasteiger partial charge in [-0.15, -0.1) is 0 Å². The van der Waals surface area contributed by atoms with E-state index in [2.05, 4.69) is 20.2 Å². The molecule has 216 valence electrons. The molecule has 0 unspecified atom stereocenters. The third kappa shape index (κ3) is 6.53. The number of nitrogens with one attached hydrogen (secondary N) is 2. The van der Waals surface area contributed by atoms with Gasteiger partial charge in [-0.2, -0.15) is 27.0 Å². The number of aromatic hydroxyl groups is 2. The second kappa shape index (κ2) is 11.7. The van der Waals surface area contributed by atoms with Gasteiger partial charge in [0.25, 0.3) is 32.1 Å². The van der Waals surface area contributed by atoms with Crippen molar-refractivity contribution in [1.82, 2.24) is 20.8 Å². The number of aromatic nitrogens is 2. The quantitative estimate of drug-likeness (QED) is 0.0698. The number of nitrogens with zero attached hydrogens (tertiary/aromatic N) is 4. The molecule has 2 amide bonds. The summed E-state index contributed by atoms with van der Waals surface area (Å²) in [5.74, 6) is -2.79. The van der Waals surface area contributed by atoms with Crippen LogP contribution in [0.5, 0.6) is 11.5 Å². The fourth-order valence-electron chi connectivity index (χ4n) is 3.61. The molecule has 0 bridgehead atoms. The summed E-state index contributed by atoms with van der Waals surface area (Å²) in [5.41, 5.74) is 3.34. The molecule has 0 spiro atoms. The number of carbonyl (C=O) groups excluding carboxylic acids is 2. The van der Waals surface area contributed by atoms with Crippen LogP contribution >= 0.6 is 0 Å². The fraction of sp³-hybridized carbons (Fsp3) is 0. The third-order valence-electron chi connectivity index (χ3n) is 5.41. The first kappa shape index (κ1) is 29.7. The highest BCUT2D eigenvalue weighted by atomic mass is 32.2. The number of amides is 2. The average molecular weight is 615 g/mol. The first-order valence-corrected chi connectivity index (χ1v) is 14.2. The van der Waals surface area contributed by atoms with Crippen LogP contribution in [0.4, 0.5) is 0 Å². The SMILES string of the molecule is O=C(C=CC(=O)NN=Cc1cc(S(=O)(=O)O)c2cccnc2c1O)NN=Cc1cc(S(=O)(=O)O)c2cccnc2c1O. The van der Waals surface area contributed by atoms with Gasteiger partial charge in [0.15, 0.2) is 11.5 Å². The van der Waals surface area contributed by atoms with Crippen LogP contribution in [0.1, 0.15) is 11.1 Å².